The molecule has 1 aromatic heterocycles. The van der Waals surface area contributed by atoms with E-state index in [0.29, 0.717) is 11.6 Å². The first-order valence-corrected chi connectivity index (χ1v) is 10.1. The van der Waals surface area contributed by atoms with E-state index >= 15 is 0 Å². The second-order valence-corrected chi connectivity index (χ2v) is 8.06. The van der Waals surface area contributed by atoms with Crippen molar-refractivity contribution < 1.29 is 14.0 Å². The van der Waals surface area contributed by atoms with E-state index in [-0.39, 0.29) is 29.6 Å². The lowest BCUT2D eigenvalue weighted by molar-refractivity contribution is -0.122. The minimum absolute atomic E-state index is 0.00999. The molecule has 7 heteroatoms. The van der Waals surface area contributed by atoms with Gasteiger partial charge in [0.05, 0.1) is 10.2 Å². The van der Waals surface area contributed by atoms with Gasteiger partial charge in [-0.15, -0.1) is 0 Å². The van der Waals surface area contributed by atoms with Crippen molar-refractivity contribution in [2.75, 3.05) is 5.32 Å². The molecule has 0 aliphatic heterocycles. The third kappa shape index (κ3) is 3.75. The Hall–Kier alpha value is -2.80. The Morgan fingerprint density at radius 1 is 1.25 bits per heavy atom. The van der Waals surface area contributed by atoms with E-state index in [2.05, 4.69) is 22.2 Å². The molecule has 144 valence electrons. The van der Waals surface area contributed by atoms with Crippen LogP contribution in [0.25, 0.3) is 21.0 Å². The molecule has 1 fully saturated rings. The number of nitrogens with zero attached hydrogens (tertiary/aromatic N) is 1. The second kappa shape index (κ2) is 7.67. The third-order valence-electron chi connectivity index (χ3n) is 5.14. The molecule has 1 heterocycles. The molecular formula is C21H20FN3O2S. The zero-order chi connectivity index (χ0) is 19.7. The van der Waals surface area contributed by atoms with E-state index in [1.165, 1.54) is 29.5 Å². The van der Waals surface area contributed by atoms with Gasteiger partial charge in [0.2, 0.25) is 11.8 Å². The highest BCUT2D eigenvalue weighted by atomic mass is 32.1. The molecule has 0 unspecified atom stereocenters. The Morgan fingerprint density at radius 2 is 2.11 bits per heavy atom. The number of halogens is 1. The average molecular weight is 397 g/mol. The Kier molecular flexibility index (Phi) is 5.09. The summed E-state index contributed by atoms with van der Waals surface area (Å²) in [6.07, 6.45) is 4.40. The monoisotopic (exact) mass is 397 g/mol. The summed E-state index contributed by atoms with van der Waals surface area (Å²) in [6, 6.07) is 8.32. The normalized spacial score (nSPS) is 19.5. The Labute approximate surface area is 165 Å². The molecular weight excluding hydrogens is 377 g/mol. The number of aromatic nitrogens is 1. The number of hydrogen-bond acceptors (Lipinski definition) is 4. The summed E-state index contributed by atoms with van der Waals surface area (Å²) in [6.45, 7) is 3.46. The fourth-order valence-corrected chi connectivity index (χ4v) is 4.77. The van der Waals surface area contributed by atoms with Gasteiger partial charge in [-0.3, -0.25) is 9.59 Å². The molecule has 1 saturated carbocycles. The number of nitrogens with one attached hydrogen (secondary N) is 2. The van der Waals surface area contributed by atoms with Gasteiger partial charge in [0, 0.05) is 17.3 Å². The largest absolute Gasteiger partial charge is 0.350 e. The summed E-state index contributed by atoms with van der Waals surface area (Å²) in [5.74, 6) is -0.727. The van der Waals surface area contributed by atoms with Crippen LogP contribution in [0.4, 0.5) is 9.52 Å². The maximum Gasteiger partial charge on any atom is 0.243 e. The zero-order valence-corrected chi connectivity index (χ0v) is 16.0. The lowest BCUT2D eigenvalue weighted by atomic mass is 9.85. The van der Waals surface area contributed by atoms with Crippen LogP contribution in [0.1, 0.15) is 25.7 Å². The van der Waals surface area contributed by atoms with E-state index in [0.717, 1.165) is 40.3 Å². The van der Waals surface area contributed by atoms with Crippen molar-refractivity contribution in [2.45, 2.75) is 31.7 Å². The number of carbonyl (C=O) groups is 2. The number of rotatable bonds is 4. The maximum absolute atomic E-state index is 13.5. The first kappa shape index (κ1) is 18.6. The molecule has 0 saturated heterocycles. The van der Waals surface area contributed by atoms with E-state index in [4.69, 9.17) is 0 Å². The third-order valence-corrected chi connectivity index (χ3v) is 6.16. The van der Waals surface area contributed by atoms with Crippen LogP contribution in [-0.4, -0.2) is 22.8 Å². The van der Waals surface area contributed by atoms with E-state index in [1.807, 2.05) is 12.1 Å². The van der Waals surface area contributed by atoms with Crippen LogP contribution in [0.2, 0.25) is 0 Å². The Morgan fingerprint density at radius 3 is 2.93 bits per heavy atom. The number of carbonyl (C=O) groups excluding carboxylic acids is 2. The first-order chi connectivity index (χ1) is 13.5. The van der Waals surface area contributed by atoms with Crippen LogP contribution in [0.5, 0.6) is 0 Å². The van der Waals surface area contributed by atoms with Crippen molar-refractivity contribution in [3.05, 3.63) is 48.8 Å². The molecule has 2 amide bonds. The summed E-state index contributed by atoms with van der Waals surface area (Å²) >= 11 is 1.39. The SMILES string of the molecule is C=CC(=O)N[C@@H]1CCC[C@H](C(=O)Nc2nc3ccc4cc(F)ccc4c3s2)C1. The van der Waals surface area contributed by atoms with Crippen LogP contribution >= 0.6 is 11.3 Å². The van der Waals surface area contributed by atoms with Crippen LogP contribution in [0.3, 0.4) is 0 Å². The highest BCUT2D eigenvalue weighted by molar-refractivity contribution is 7.23. The van der Waals surface area contributed by atoms with E-state index in [9.17, 15) is 14.0 Å². The van der Waals surface area contributed by atoms with Crippen molar-refractivity contribution in [3.63, 3.8) is 0 Å². The number of fused-ring (bicyclic) bond motifs is 3. The van der Waals surface area contributed by atoms with Crippen LogP contribution in [0, 0.1) is 11.7 Å². The summed E-state index contributed by atoms with van der Waals surface area (Å²) in [7, 11) is 0. The molecule has 0 spiro atoms. The molecule has 3 aromatic rings. The van der Waals surface area contributed by atoms with Gasteiger partial charge in [-0.1, -0.05) is 30.4 Å². The standard InChI is InChI=1S/C21H20FN3O2S/c1-2-18(26)23-15-5-3-4-13(11-15)20(27)25-21-24-17-9-6-12-10-14(22)7-8-16(12)19(17)28-21/h2,6-10,13,15H,1,3-5,11H2,(H,23,26)(H,24,25,27)/t13-,15+/m0/s1. The molecule has 2 aromatic carbocycles. The van der Waals surface area contributed by atoms with Gasteiger partial charge < -0.3 is 10.6 Å². The number of hydrogen-bond donors (Lipinski definition) is 2. The highest BCUT2D eigenvalue weighted by Crippen LogP contribution is 2.34. The molecule has 2 atom stereocenters. The van der Waals surface area contributed by atoms with Gasteiger partial charge in [0.15, 0.2) is 5.13 Å². The number of benzene rings is 2. The lowest BCUT2D eigenvalue weighted by Crippen LogP contribution is -2.40. The van der Waals surface area contributed by atoms with Crippen molar-refractivity contribution in [1.82, 2.24) is 10.3 Å². The molecule has 0 radical (unpaired) electrons. The van der Waals surface area contributed by atoms with Crippen LogP contribution in [0.15, 0.2) is 43.0 Å². The van der Waals surface area contributed by atoms with Gasteiger partial charge in [-0.05, 0) is 55.0 Å². The topological polar surface area (TPSA) is 71.1 Å². The van der Waals surface area contributed by atoms with Gasteiger partial charge in [0.1, 0.15) is 5.82 Å². The number of anilines is 1. The van der Waals surface area contributed by atoms with Gasteiger partial charge in [0.25, 0.3) is 0 Å². The van der Waals surface area contributed by atoms with Crippen molar-refractivity contribution >= 4 is 49.3 Å². The fraction of sp³-hybridized carbons (Fsp3) is 0.286. The number of amides is 2. The highest BCUT2D eigenvalue weighted by Gasteiger charge is 2.28. The van der Waals surface area contributed by atoms with Gasteiger partial charge in [-0.25, -0.2) is 9.37 Å². The molecule has 0 bridgehead atoms. The molecule has 5 nitrogen and oxygen atoms in total. The molecule has 2 N–H and O–H groups in total. The molecule has 1 aliphatic rings. The minimum Gasteiger partial charge on any atom is -0.350 e. The fourth-order valence-electron chi connectivity index (χ4n) is 3.76. The average Bonchev–Trinajstić information content (AvgIpc) is 3.10. The minimum atomic E-state index is -0.278. The first-order valence-electron chi connectivity index (χ1n) is 9.26. The quantitative estimate of drug-likeness (QED) is 0.642. The predicted molar refractivity (Wildman–Crippen MR) is 110 cm³/mol. The summed E-state index contributed by atoms with van der Waals surface area (Å²) in [4.78, 5) is 28.8. The van der Waals surface area contributed by atoms with Crippen molar-refractivity contribution in [3.8, 4) is 0 Å². The maximum atomic E-state index is 13.5. The molecule has 4 rings (SSSR count). The van der Waals surface area contributed by atoms with Gasteiger partial charge in [-0.2, -0.15) is 0 Å². The van der Waals surface area contributed by atoms with Crippen molar-refractivity contribution in [1.29, 1.82) is 0 Å². The Balaban J connectivity index is 1.51. The Bertz CT molecular complexity index is 1080. The van der Waals surface area contributed by atoms with Crippen molar-refractivity contribution in [2.24, 2.45) is 5.92 Å². The zero-order valence-electron chi connectivity index (χ0n) is 15.2. The summed E-state index contributed by atoms with van der Waals surface area (Å²) < 4.78 is 14.4. The smallest absolute Gasteiger partial charge is 0.243 e. The molecule has 28 heavy (non-hydrogen) atoms. The van der Waals surface area contributed by atoms with E-state index < -0.39 is 0 Å². The second-order valence-electron chi connectivity index (χ2n) is 7.06. The lowest BCUT2D eigenvalue weighted by Gasteiger charge is -2.28. The summed E-state index contributed by atoms with van der Waals surface area (Å²) in [5, 5.41) is 8.07. The van der Waals surface area contributed by atoms with E-state index in [1.54, 1.807) is 6.07 Å². The number of thiazole rings is 1. The summed E-state index contributed by atoms with van der Waals surface area (Å²) in [5.41, 5.74) is 0.777. The van der Waals surface area contributed by atoms with Crippen LogP contribution in [-0.2, 0) is 9.59 Å². The van der Waals surface area contributed by atoms with Gasteiger partial charge >= 0.3 is 0 Å². The van der Waals surface area contributed by atoms with Crippen LogP contribution < -0.4 is 10.6 Å². The molecule has 1 aliphatic carbocycles. The predicted octanol–water partition coefficient (Wildman–Crippen LogP) is 4.39.